The normalized spacial score (nSPS) is 14.3. The zero-order valence-electron chi connectivity index (χ0n) is 12.6. The van der Waals surface area contributed by atoms with E-state index in [-0.39, 0.29) is 5.91 Å². The van der Waals surface area contributed by atoms with Gasteiger partial charge >= 0.3 is 0 Å². The first kappa shape index (κ1) is 14.9. The molecule has 4 heteroatoms. The quantitative estimate of drug-likeness (QED) is 0.866. The van der Waals surface area contributed by atoms with E-state index in [1.54, 1.807) is 21.0 Å². The second kappa shape index (κ2) is 6.27. The van der Waals surface area contributed by atoms with E-state index < -0.39 is 5.60 Å². The highest BCUT2D eigenvalue weighted by Crippen LogP contribution is 2.26. The van der Waals surface area contributed by atoms with Gasteiger partial charge < -0.3 is 15.4 Å². The molecule has 2 rings (SSSR count). The third kappa shape index (κ3) is 3.31. The Morgan fingerprint density at radius 3 is 3.00 bits per heavy atom. The highest BCUT2D eigenvalue weighted by molar-refractivity contribution is 5.84. The number of para-hydroxylation sites is 1. The summed E-state index contributed by atoms with van der Waals surface area (Å²) in [5.41, 5.74) is 3.16. The van der Waals surface area contributed by atoms with Crippen LogP contribution in [0.15, 0.2) is 18.2 Å². The SMILES string of the molecule is COC(C)(C)C(=O)NCCc1cccc2c1NCCC2. The minimum absolute atomic E-state index is 0.0715. The predicted molar refractivity (Wildman–Crippen MR) is 81.1 cm³/mol. The molecule has 110 valence electrons. The summed E-state index contributed by atoms with van der Waals surface area (Å²) in [6, 6.07) is 6.41. The summed E-state index contributed by atoms with van der Waals surface area (Å²) >= 11 is 0. The van der Waals surface area contributed by atoms with Crippen LogP contribution in [-0.4, -0.2) is 31.7 Å². The van der Waals surface area contributed by atoms with E-state index in [1.807, 2.05) is 0 Å². The van der Waals surface area contributed by atoms with Gasteiger partial charge in [0.2, 0.25) is 0 Å². The lowest BCUT2D eigenvalue weighted by Gasteiger charge is -2.23. The molecule has 1 aliphatic heterocycles. The number of amides is 1. The molecule has 0 spiro atoms. The first-order valence-electron chi connectivity index (χ1n) is 7.22. The Morgan fingerprint density at radius 2 is 2.25 bits per heavy atom. The number of carbonyl (C=O) groups excluding carboxylic acids is 1. The van der Waals surface area contributed by atoms with Gasteiger partial charge in [-0.05, 0) is 44.2 Å². The molecule has 0 atom stereocenters. The molecule has 0 aliphatic carbocycles. The molecular weight excluding hydrogens is 252 g/mol. The van der Waals surface area contributed by atoms with Crippen molar-refractivity contribution in [3.05, 3.63) is 29.3 Å². The maximum absolute atomic E-state index is 11.9. The maximum atomic E-state index is 11.9. The number of carbonyl (C=O) groups is 1. The van der Waals surface area contributed by atoms with Crippen molar-refractivity contribution in [2.45, 2.75) is 38.7 Å². The van der Waals surface area contributed by atoms with Gasteiger partial charge in [-0.3, -0.25) is 4.79 Å². The Labute approximate surface area is 120 Å². The number of methoxy groups -OCH3 is 1. The van der Waals surface area contributed by atoms with E-state index in [9.17, 15) is 4.79 Å². The van der Waals surface area contributed by atoms with E-state index in [4.69, 9.17) is 4.74 Å². The van der Waals surface area contributed by atoms with Crippen LogP contribution in [0, 0.1) is 0 Å². The molecule has 2 N–H and O–H groups in total. The lowest BCUT2D eigenvalue weighted by molar-refractivity contribution is -0.139. The fourth-order valence-corrected chi connectivity index (χ4v) is 2.41. The molecule has 20 heavy (non-hydrogen) atoms. The molecule has 0 saturated heterocycles. The van der Waals surface area contributed by atoms with E-state index >= 15 is 0 Å². The Morgan fingerprint density at radius 1 is 1.45 bits per heavy atom. The monoisotopic (exact) mass is 276 g/mol. The number of anilines is 1. The van der Waals surface area contributed by atoms with Crippen LogP contribution in [0.1, 0.15) is 31.4 Å². The Bertz CT molecular complexity index is 483. The Hall–Kier alpha value is -1.55. The van der Waals surface area contributed by atoms with Crippen molar-refractivity contribution in [2.24, 2.45) is 0 Å². The van der Waals surface area contributed by atoms with Crippen molar-refractivity contribution in [2.75, 3.05) is 25.5 Å². The summed E-state index contributed by atoms with van der Waals surface area (Å²) in [5, 5.41) is 6.41. The average molecular weight is 276 g/mol. The minimum atomic E-state index is -0.769. The molecule has 0 aromatic heterocycles. The number of hydrogen-bond acceptors (Lipinski definition) is 3. The van der Waals surface area contributed by atoms with Crippen LogP contribution < -0.4 is 10.6 Å². The highest BCUT2D eigenvalue weighted by Gasteiger charge is 2.26. The standard InChI is InChI=1S/C16H24N2O2/c1-16(2,20-3)15(19)18-11-9-13-7-4-6-12-8-5-10-17-14(12)13/h4,6-7,17H,5,8-11H2,1-3H3,(H,18,19). The summed E-state index contributed by atoms with van der Waals surface area (Å²) in [4.78, 5) is 11.9. The van der Waals surface area contributed by atoms with Crippen LogP contribution in [0.4, 0.5) is 5.69 Å². The van der Waals surface area contributed by atoms with Gasteiger partial charge in [0.25, 0.3) is 5.91 Å². The first-order chi connectivity index (χ1) is 9.54. The number of rotatable bonds is 5. The topological polar surface area (TPSA) is 50.4 Å². The smallest absolute Gasteiger partial charge is 0.251 e. The van der Waals surface area contributed by atoms with E-state index in [2.05, 4.69) is 28.8 Å². The van der Waals surface area contributed by atoms with Crippen molar-refractivity contribution in [3.8, 4) is 0 Å². The zero-order chi connectivity index (χ0) is 14.6. The highest BCUT2D eigenvalue weighted by atomic mass is 16.5. The molecule has 0 fully saturated rings. The number of benzene rings is 1. The number of nitrogens with one attached hydrogen (secondary N) is 2. The molecule has 0 saturated carbocycles. The third-order valence-corrected chi connectivity index (χ3v) is 3.90. The molecule has 4 nitrogen and oxygen atoms in total. The van der Waals surface area contributed by atoms with Gasteiger partial charge in [-0.2, -0.15) is 0 Å². The molecule has 0 bridgehead atoms. The fourth-order valence-electron chi connectivity index (χ4n) is 2.41. The molecule has 0 unspecified atom stereocenters. The minimum Gasteiger partial charge on any atom is -0.385 e. The van der Waals surface area contributed by atoms with Crippen LogP contribution in [-0.2, 0) is 22.4 Å². The zero-order valence-corrected chi connectivity index (χ0v) is 12.6. The van der Waals surface area contributed by atoms with Crippen LogP contribution in [0.25, 0.3) is 0 Å². The average Bonchev–Trinajstić information content (AvgIpc) is 2.47. The molecule has 1 aliphatic rings. The molecule has 1 aromatic rings. The summed E-state index contributed by atoms with van der Waals surface area (Å²) in [6.07, 6.45) is 3.16. The number of hydrogen-bond donors (Lipinski definition) is 2. The van der Waals surface area contributed by atoms with Gasteiger partial charge in [0.05, 0.1) is 0 Å². The lowest BCUT2D eigenvalue weighted by atomic mass is 9.98. The number of ether oxygens (including phenoxy) is 1. The van der Waals surface area contributed by atoms with Crippen molar-refractivity contribution in [3.63, 3.8) is 0 Å². The molecule has 1 amide bonds. The summed E-state index contributed by atoms with van der Waals surface area (Å²) in [6.45, 7) is 5.21. The van der Waals surface area contributed by atoms with Crippen molar-refractivity contribution >= 4 is 11.6 Å². The van der Waals surface area contributed by atoms with Gasteiger partial charge in [-0.25, -0.2) is 0 Å². The first-order valence-corrected chi connectivity index (χ1v) is 7.22. The lowest BCUT2D eigenvalue weighted by Crippen LogP contribution is -2.44. The third-order valence-electron chi connectivity index (χ3n) is 3.90. The molecule has 1 aromatic carbocycles. The summed E-state index contributed by atoms with van der Waals surface area (Å²) in [7, 11) is 1.55. The predicted octanol–water partition coefficient (Wildman–Crippen LogP) is 2.13. The largest absolute Gasteiger partial charge is 0.385 e. The van der Waals surface area contributed by atoms with Gasteiger partial charge in [-0.1, -0.05) is 18.2 Å². The second-order valence-electron chi connectivity index (χ2n) is 5.70. The van der Waals surface area contributed by atoms with Crippen LogP contribution in [0.3, 0.4) is 0 Å². The second-order valence-corrected chi connectivity index (χ2v) is 5.70. The van der Waals surface area contributed by atoms with Crippen LogP contribution >= 0.6 is 0 Å². The van der Waals surface area contributed by atoms with E-state index in [1.165, 1.54) is 23.2 Å². The van der Waals surface area contributed by atoms with Gasteiger partial charge in [-0.15, -0.1) is 0 Å². The number of fused-ring (bicyclic) bond motifs is 1. The maximum Gasteiger partial charge on any atom is 0.251 e. The van der Waals surface area contributed by atoms with E-state index in [0.29, 0.717) is 6.54 Å². The van der Waals surface area contributed by atoms with Crippen molar-refractivity contribution in [1.29, 1.82) is 0 Å². The van der Waals surface area contributed by atoms with Crippen LogP contribution in [0.5, 0.6) is 0 Å². The fraction of sp³-hybridized carbons (Fsp3) is 0.562. The van der Waals surface area contributed by atoms with Crippen molar-refractivity contribution < 1.29 is 9.53 Å². The van der Waals surface area contributed by atoms with Gasteiger partial charge in [0.1, 0.15) is 5.60 Å². The van der Waals surface area contributed by atoms with E-state index in [0.717, 1.165) is 19.4 Å². The van der Waals surface area contributed by atoms with Gasteiger partial charge in [0, 0.05) is 25.9 Å². The molecule has 0 radical (unpaired) electrons. The van der Waals surface area contributed by atoms with Gasteiger partial charge in [0.15, 0.2) is 0 Å². The Kier molecular flexibility index (Phi) is 4.65. The summed E-state index contributed by atoms with van der Waals surface area (Å²) < 4.78 is 5.17. The Balaban J connectivity index is 1.94. The van der Waals surface area contributed by atoms with Crippen molar-refractivity contribution in [1.82, 2.24) is 5.32 Å². The molecule has 1 heterocycles. The molecular formula is C16H24N2O2. The summed E-state index contributed by atoms with van der Waals surface area (Å²) in [5.74, 6) is -0.0715. The van der Waals surface area contributed by atoms with Crippen LogP contribution in [0.2, 0.25) is 0 Å². The number of aryl methyl sites for hydroxylation is 1.